The third-order valence-corrected chi connectivity index (χ3v) is 3.92. The molecule has 2 aromatic carbocycles. The first-order valence-corrected chi connectivity index (χ1v) is 7.54. The number of anilines is 1. The van der Waals surface area contributed by atoms with E-state index in [0.717, 1.165) is 5.69 Å². The van der Waals surface area contributed by atoms with Crippen molar-refractivity contribution in [2.75, 3.05) is 11.4 Å². The van der Waals surface area contributed by atoms with E-state index >= 15 is 0 Å². The Morgan fingerprint density at radius 2 is 1.62 bits per heavy atom. The van der Waals surface area contributed by atoms with E-state index in [9.17, 15) is 14.4 Å². The number of carboxylic acids is 1. The molecule has 6 heteroatoms. The molecule has 0 spiro atoms. The van der Waals surface area contributed by atoms with Gasteiger partial charge in [0.2, 0.25) is 5.91 Å². The number of rotatable bonds is 4. The third-order valence-electron chi connectivity index (χ3n) is 3.92. The molecule has 0 aromatic heterocycles. The van der Waals surface area contributed by atoms with Crippen LogP contribution in [0.3, 0.4) is 0 Å². The molecule has 1 heterocycles. The maximum atomic E-state index is 12.2. The van der Waals surface area contributed by atoms with Crippen molar-refractivity contribution in [1.82, 2.24) is 5.32 Å². The highest BCUT2D eigenvalue weighted by atomic mass is 16.4. The van der Waals surface area contributed by atoms with Crippen molar-refractivity contribution in [2.45, 2.75) is 12.5 Å². The Bertz CT molecular complexity index is 771. The van der Waals surface area contributed by atoms with E-state index in [0.29, 0.717) is 12.1 Å². The fourth-order valence-electron chi connectivity index (χ4n) is 2.69. The van der Waals surface area contributed by atoms with Crippen LogP contribution in [0.4, 0.5) is 5.69 Å². The number of hydrogen-bond donors (Lipinski definition) is 2. The molecule has 3 rings (SSSR count). The van der Waals surface area contributed by atoms with Crippen LogP contribution in [-0.2, 0) is 4.79 Å². The van der Waals surface area contributed by atoms with Crippen molar-refractivity contribution >= 4 is 23.5 Å². The summed E-state index contributed by atoms with van der Waals surface area (Å²) in [5.41, 5.74) is 1.30. The second-order valence-corrected chi connectivity index (χ2v) is 5.60. The molecule has 1 aliphatic rings. The van der Waals surface area contributed by atoms with Gasteiger partial charge in [0, 0.05) is 24.2 Å². The summed E-state index contributed by atoms with van der Waals surface area (Å²) in [5, 5.41) is 11.7. The van der Waals surface area contributed by atoms with Crippen LogP contribution in [0.15, 0.2) is 54.6 Å². The first-order valence-electron chi connectivity index (χ1n) is 7.54. The second-order valence-electron chi connectivity index (χ2n) is 5.60. The predicted octanol–water partition coefficient (Wildman–Crippen LogP) is 1.92. The number of carbonyl (C=O) groups is 3. The molecular formula is C18H16N2O4. The molecule has 1 atom stereocenters. The van der Waals surface area contributed by atoms with Gasteiger partial charge in [-0.3, -0.25) is 9.59 Å². The van der Waals surface area contributed by atoms with Crippen LogP contribution in [-0.4, -0.2) is 35.5 Å². The van der Waals surface area contributed by atoms with E-state index in [2.05, 4.69) is 5.32 Å². The van der Waals surface area contributed by atoms with Gasteiger partial charge < -0.3 is 15.3 Å². The minimum Gasteiger partial charge on any atom is -0.478 e. The summed E-state index contributed by atoms with van der Waals surface area (Å²) in [6.45, 7) is 0.418. The van der Waals surface area contributed by atoms with Gasteiger partial charge in [0.1, 0.15) is 0 Å². The predicted molar refractivity (Wildman–Crippen MR) is 88.1 cm³/mol. The average Bonchev–Trinajstić information content (AvgIpc) is 2.96. The molecule has 1 saturated heterocycles. The molecule has 2 amide bonds. The van der Waals surface area contributed by atoms with E-state index in [4.69, 9.17) is 5.11 Å². The van der Waals surface area contributed by atoms with Crippen LogP contribution in [0.25, 0.3) is 0 Å². The van der Waals surface area contributed by atoms with Crippen LogP contribution in [0, 0.1) is 0 Å². The molecule has 1 aliphatic heterocycles. The topological polar surface area (TPSA) is 86.7 Å². The Morgan fingerprint density at radius 1 is 1.00 bits per heavy atom. The van der Waals surface area contributed by atoms with E-state index < -0.39 is 5.97 Å². The number of carbonyl (C=O) groups excluding carboxylic acids is 2. The maximum Gasteiger partial charge on any atom is 0.335 e. The number of para-hydroxylation sites is 1. The number of nitrogens with one attached hydrogen (secondary N) is 1. The summed E-state index contributed by atoms with van der Waals surface area (Å²) in [5.74, 6) is -1.39. The molecule has 2 N–H and O–H groups in total. The van der Waals surface area contributed by atoms with Gasteiger partial charge in [0.15, 0.2) is 0 Å². The summed E-state index contributed by atoms with van der Waals surface area (Å²) >= 11 is 0. The smallest absolute Gasteiger partial charge is 0.335 e. The molecule has 0 bridgehead atoms. The fourth-order valence-corrected chi connectivity index (χ4v) is 2.69. The molecule has 0 saturated carbocycles. The largest absolute Gasteiger partial charge is 0.478 e. The highest BCUT2D eigenvalue weighted by molar-refractivity contribution is 5.99. The number of amides is 2. The number of nitrogens with zero attached hydrogens (tertiary/aromatic N) is 1. The molecule has 6 nitrogen and oxygen atoms in total. The van der Waals surface area contributed by atoms with Gasteiger partial charge in [0.25, 0.3) is 5.91 Å². The van der Waals surface area contributed by atoms with Gasteiger partial charge in [-0.2, -0.15) is 0 Å². The van der Waals surface area contributed by atoms with Gasteiger partial charge in [-0.15, -0.1) is 0 Å². The highest BCUT2D eigenvalue weighted by Crippen LogP contribution is 2.21. The third kappa shape index (κ3) is 3.27. The Balaban J connectivity index is 1.65. The van der Waals surface area contributed by atoms with Crippen molar-refractivity contribution in [3.05, 3.63) is 65.7 Å². The first-order chi connectivity index (χ1) is 11.5. The maximum absolute atomic E-state index is 12.2. The SMILES string of the molecule is O=C(O)c1ccc(C(=O)NC2CC(=O)N(c3ccccc3)C2)cc1. The fraction of sp³-hybridized carbons (Fsp3) is 0.167. The lowest BCUT2D eigenvalue weighted by Gasteiger charge is -2.17. The minimum absolute atomic E-state index is 0.0345. The molecule has 1 fully saturated rings. The van der Waals surface area contributed by atoms with Crippen LogP contribution >= 0.6 is 0 Å². The summed E-state index contributed by atoms with van der Waals surface area (Å²) in [4.78, 5) is 36.9. The van der Waals surface area contributed by atoms with Crippen LogP contribution in [0.1, 0.15) is 27.1 Å². The van der Waals surface area contributed by atoms with E-state index in [1.807, 2.05) is 30.3 Å². The molecular weight excluding hydrogens is 308 g/mol. The Labute approximate surface area is 138 Å². The summed E-state index contributed by atoms with van der Waals surface area (Å²) in [7, 11) is 0. The Morgan fingerprint density at radius 3 is 2.25 bits per heavy atom. The van der Waals surface area contributed by atoms with Crippen LogP contribution in [0.5, 0.6) is 0 Å². The minimum atomic E-state index is -1.04. The number of carboxylic acid groups (broad SMARTS) is 1. The van der Waals surface area contributed by atoms with Gasteiger partial charge in [-0.05, 0) is 36.4 Å². The van der Waals surface area contributed by atoms with Crippen molar-refractivity contribution in [3.63, 3.8) is 0 Å². The lowest BCUT2D eigenvalue weighted by atomic mass is 10.1. The highest BCUT2D eigenvalue weighted by Gasteiger charge is 2.31. The Hall–Kier alpha value is -3.15. The first kappa shape index (κ1) is 15.7. The summed E-state index contributed by atoms with van der Waals surface area (Å²) in [6, 6.07) is 14.7. The average molecular weight is 324 g/mol. The lowest BCUT2D eigenvalue weighted by molar-refractivity contribution is -0.117. The molecule has 0 aliphatic carbocycles. The van der Waals surface area contributed by atoms with Crippen LogP contribution in [0.2, 0.25) is 0 Å². The monoisotopic (exact) mass is 324 g/mol. The van der Waals surface area contributed by atoms with E-state index in [1.54, 1.807) is 4.90 Å². The van der Waals surface area contributed by atoms with Crippen molar-refractivity contribution in [1.29, 1.82) is 0 Å². The zero-order chi connectivity index (χ0) is 17.1. The van der Waals surface area contributed by atoms with Gasteiger partial charge in [-0.1, -0.05) is 18.2 Å². The number of benzene rings is 2. The molecule has 24 heavy (non-hydrogen) atoms. The number of hydrogen-bond acceptors (Lipinski definition) is 3. The normalized spacial score (nSPS) is 16.9. The molecule has 0 radical (unpaired) electrons. The summed E-state index contributed by atoms with van der Waals surface area (Å²) in [6.07, 6.45) is 0.244. The Kier molecular flexibility index (Phi) is 4.29. The van der Waals surface area contributed by atoms with E-state index in [1.165, 1.54) is 24.3 Å². The van der Waals surface area contributed by atoms with Crippen LogP contribution < -0.4 is 10.2 Å². The molecule has 1 unspecified atom stereocenters. The molecule has 122 valence electrons. The standard InChI is InChI=1S/C18H16N2O4/c21-16-10-14(11-20(16)15-4-2-1-3-5-15)19-17(22)12-6-8-13(9-7-12)18(23)24/h1-9,14H,10-11H2,(H,19,22)(H,23,24). The lowest BCUT2D eigenvalue weighted by Crippen LogP contribution is -2.37. The zero-order valence-electron chi connectivity index (χ0n) is 12.8. The van der Waals surface area contributed by atoms with Gasteiger partial charge in [-0.25, -0.2) is 4.79 Å². The van der Waals surface area contributed by atoms with Crippen molar-refractivity contribution in [3.8, 4) is 0 Å². The number of aromatic carboxylic acids is 1. The van der Waals surface area contributed by atoms with E-state index in [-0.39, 0.29) is 29.8 Å². The van der Waals surface area contributed by atoms with Gasteiger partial charge in [0.05, 0.1) is 11.6 Å². The van der Waals surface area contributed by atoms with Gasteiger partial charge >= 0.3 is 5.97 Å². The quantitative estimate of drug-likeness (QED) is 0.899. The second kappa shape index (κ2) is 6.54. The molecule has 2 aromatic rings. The van der Waals surface area contributed by atoms with Crippen molar-refractivity contribution in [2.24, 2.45) is 0 Å². The summed E-state index contributed by atoms with van der Waals surface area (Å²) < 4.78 is 0. The van der Waals surface area contributed by atoms with Crippen molar-refractivity contribution < 1.29 is 19.5 Å². The zero-order valence-corrected chi connectivity index (χ0v) is 12.8.